The van der Waals surface area contributed by atoms with Crippen molar-refractivity contribution in [3.05, 3.63) is 39.4 Å². The number of aliphatic imine (C=N–C) groups is 1. The minimum absolute atomic E-state index is 1.15. The SMILES string of the molecule is CCCCC1=C(C)/C(=C(/C)c2[nH]c(C)c(CCCC)c2C)N=C1C. The molecule has 2 heteroatoms. The van der Waals surface area contributed by atoms with Crippen LogP contribution in [0.1, 0.15) is 89.2 Å². The summed E-state index contributed by atoms with van der Waals surface area (Å²) < 4.78 is 0. The maximum absolute atomic E-state index is 4.92. The fourth-order valence-corrected chi connectivity index (χ4v) is 3.83. The number of aromatic nitrogens is 1. The number of unbranched alkanes of at least 4 members (excludes halogenated alkanes) is 2. The molecular formula is C22H34N2. The summed E-state index contributed by atoms with van der Waals surface area (Å²) in [6, 6.07) is 0. The summed E-state index contributed by atoms with van der Waals surface area (Å²) in [5.41, 5.74) is 12.0. The molecule has 0 saturated carbocycles. The zero-order chi connectivity index (χ0) is 17.9. The highest BCUT2D eigenvalue weighted by atomic mass is 14.8. The van der Waals surface area contributed by atoms with Crippen LogP contribution >= 0.6 is 0 Å². The molecule has 2 rings (SSSR count). The molecule has 1 aromatic rings. The van der Waals surface area contributed by atoms with E-state index in [0.29, 0.717) is 0 Å². The second-order valence-electron chi connectivity index (χ2n) is 7.21. The Balaban J connectivity index is 2.43. The largest absolute Gasteiger partial charge is 0.358 e. The van der Waals surface area contributed by atoms with Crippen LogP contribution in [0, 0.1) is 13.8 Å². The van der Waals surface area contributed by atoms with Crippen LogP contribution in [-0.2, 0) is 6.42 Å². The van der Waals surface area contributed by atoms with Crippen molar-refractivity contribution in [2.24, 2.45) is 4.99 Å². The lowest BCUT2D eigenvalue weighted by molar-refractivity contribution is 0.788. The number of rotatable bonds is 7. The van der Waals surface area contributed by atoms with E-state index in [9.17, 15) is 0 Å². The molecule has 0 radical (unpaired) electrons. The average molecular weight is 327 g/mol. The zero-order valence-corrected chi connectivity index (χ0v) is 16.7. The fraction of sp³-hybridized carbons (Fsp3) is 0.591. The van der Waals surface area contributed by atoms with E-state index in [-0.39, 0.29) is 0 Å². The van der Waals surface area contributed by atoms with E-state index in [0.717, 1.165) is 6.42 Å². The molecule has 0 amide bonds. The van der Waals surface area contributed by atoms with Gasteiger partial charge < -0.3 is 4.98 Å². The van der Waals surface area contributed by atoms with E-state index in [2.05, 4.69) is 53.5 Å². The van der Waals surface area contributed by atoms with Crippen molar-refractivity contribution in [3.63, 3.8) is 0 Å². The summed E-state index contributed by atoms with van der Waals surface area (Å²) in [5, 5.41) is 0. The molecule has 1 aliphatic rings. The summed E-state index contributed by atoms with van der Waals surface area (Å²) >= 11 is 0. The van der Waals surface area contributed by atoms with Crippen molar-refractivity contribution in [1.82, 2.24) is 4.98 Å². The van der Waals surface area contributed by atoms with Crippen LogP contribution in [0.15, 0.2) is 21.8 Å². The van der Waals surface area contributed by atoms with Crippen LogP contribution in [0.2, 0.25) is 0 Å². The number of nitrogens with one attached hydrogen (secondary N) is 1. The zero-order valence-electron chi connectivity index (χ0n) is 16.7. The maximum Gasteiger partial charge on any atom is 0.0715 e. The number of nitrogens with zero attached hydrogens (tertiary/aromatic N) is 1. The number of aryl methyl sites for hydroxylation is 1. The summed E-state index contributed by atoms with van der Waals surface area (Å²) in [7, 11) is 0. The van der Waals surface area contributed by atoms with Gasteiger partial charge in [0.1, 0.15) is 0 Å². The number of aromatic amines is 1. The van der Waals surface area contributed by atoms with Gasteiger partial charge in [0.25, 0.3) is 0 Å². The van der Waals surface area contributed by atoms with Crippen LogP contribution in [0.5, 0.6) is 0 Å². The van der Waals surface area contributed by atoms with Gasteiger partial charge >= 0.3 is 0 Å². The van der Waals surface area contributed by atoms with Gasteiger partial charge in [-0.15, -0.1) is 0 Å². The van der Waals surface area contributed by atoms with E-state index in [1.165, 1.54) is 82.7 Å². The van der Waals surface area contributed by atoms with Gasteiger partial charge in [0.05, 0.1) is 5.70 Å². The van der Waals surface area contributed by atoms with Crippen LogP contribution in [0.3, 0.4) is 0 Å². The second-order valence-corrected chi connectivity index (χ2v) is 7.21. The summed E-state index contributed by atoms with van der Waals surface area (Å²) in [6.45, 7) is 15.6. The van der Waals surface area contributed by atoms with Crippen molar-refractivity contribution in [2.75, 3.05) is 0 Å². The molecule has 0 aromatic carbocycles. The van der Waals surface area contributed by atoms with E-state index in [1.807, 2.05) is 0 Å². The van der Waals surface area contributed by atoms with Crippen molar-refractivity contribution >= 4 is 11.3 Å². The van der Waals surface area contributed by atoms with Gasteiger partial charge in [-0.05, 0) is 88.1 Å². The van der Waals surface area contributed by atoms with Crippen molar-refractivity contribution < 1.29 is 0 Å². The van der Waals surface area contributed by atoms with Crippen LogP contribution in [-0.4, -0.2) is 10.7 Å². The lowest BCUT2D eigenvalue weighted by atomic mass is 9.97. The molecule has 0 fully saturated rings. The first-order chi connectivity index (χ1) is 11.4. The monoisotopic (exact) mass is 326 g/mol. The predicted octanol–water partition coefficient (Wildman–Crippen LogP) is 6.69. The molecule has 2 nitrogen and oxygen atoms in total. The number of allylic oxidation sites excluding steroid dienone is 3. The molecule has 0 saturated heterocycles. The van der Waals surface area contributed by atoms with Gasteiger partial charge in [0.15, 0.2) is 0 Å². The third kappa shape index (κ3) is 3.58. The minimum Gasteiger partial charge on any atom is -0.358 e. The Bertz CT molecular complexity index is 696. The fourth-order valence-electron chi connectivity index (χ4n) is 3.83. The highest BCUT2D eigenvalue weighted by molar-refractivity contribution is 6.04. The first-order valence-corrected chi connectivity index (χ1v) is 9.57. The molecule has 2 heterocycles. The first-order valence-electron chi connectivity index (χ1n) is 9.57. The Morgan fingerprint density at radius 3 is 2.21 bits per heavy atom. The van der Waals surface area contributed by atoms with Gasteiger partial charge in [-0.1, -0.05) is 26.7 Å². The molecule has 1 aromatic heterocycles. The quantitative estimate of drug-likeness (QED) is 0.578. The highest BCUT2D eigenvalue weighted by Gasteiger charge is 2.21. The Morgan fingerprint density at radius 2 is 1.58 bits per heavy atom. The van der Waals surface area contributed by atoms with E-state index >= 15 is 0 Å². The molecule has 0 spiro atoms. The van der Waals surface area contributed by atoms with E-state index in [1.54, 1.807) is 0 Å². The molecular weight excluding hydrogens is 292 g/mol. The Labute approximate surface area is 148 Å². The van der Waals surface area contributed by atoms with Crippen molar-refractivity contribution in [1.29, 1.82) is 0 Å². The third-order valence-corrected chi connectivity index (χ3v) is 5.41. The Hall–Kier alpha value is -1.57. The van der Waals surface area contributed by atoms with Crippen molar-refractivity contribution in [3.8, 4) is 0 Å². The second kappa shape index (κ2) is 8.00. The molecule has 1 aliphatic heterocycles. The van der Waals surface area contributed by atoms with Gasteiger partial charge in [0.2, 0.25) is 0 Å². The van der Waals surface area contributed by atoms with Gasteiger partial charge in [0, 0.05) is 17.1 Å². The number of H-pyrrole nitrogens is 1. The summed E-state index contributed by atoms with van der Waals surface area (Å²) in [5.74, 6) is 0. The van der Waals surface area contributed by atoms with Crippen LogP contribution in [0.4, 0.5) is 0 Å². The molecule has 0 atom stereocenters. The molecule has 0 aliphatic carbocycles. The molecule has 0 unspecified atom stereocenters. The molecule has 1 N–H and O–H groups in total. The van der Waals surface area contributed by atoms with E-state index < -0.39 is 0 Å². The normalized spacial score (nSPS) is 16.9. The smallest absolute Gasteiger partial charge is 0.0715 e. The molecule has 24 heavy (non-hydrogen) atoms. The standard InChI is InChI=1S/C22H34N2/c1-8-10-12-19-14(3)21(23-17(19)6)16(5)22-15(4)20(13-11-9-2)18(7)24-22/h23H,8-13H2,1-7H3/b22-16+. The lowest BCUT2D eigenvalue weighted by Crippen LogP contribution is -1.94. The predicted molar refractivity (Wildman–Crippen MR) is 107 cm³/mol. The number of hydrogen-bond donors (Lipinski definition) is 1. The summed E-state index contributed by atoms with van der Waals surface area (Å²) in [4.78, 5) is 8.57. The van der Waals surface area contributed by atoms with Gasteiger partial charge in [-0.3, -0.25) is 4.99 Å². The Morgan fingerprint density at radius 1 is 0.958 bits per heavy atom. The summed E-state index contributed by atoms with van der Waals surface area (Å²) in [6.07, 6.45) is 7.30. The van der Waals surface area contributed by atoms with Gasteiger partial charge in [-0.25, -0.2) is 0 Å². The first kappa shape index (κ1) is 18.8. The number of hydrogen-bond acceptors (Lipinski definition) is 1. The van der Waals surface area contributed by atoms with Crippen LogP contribution in [0.25, 0.3) is 5.57 Å². The average Bonchev–Trinajstić information content (AvgIpc) is 3.00. The minimum atomic E-state index is 1.15. The molecule has 132 valence electrons. The Kier molecular flexibility index (Phi) is 6.26. The topological polar surface area (TPSA) is 28.1 Å². The van der Waals surface area contributed by atoms with Gasteiger partial charge in [-0.2, -0.15) is 0 Å². The third-order valence-electron chi connectivity index (χ3n) is 5.41. The maximum atomic E-state index is 4.92. The van der Waals surface area contributed by atoms with Crippen LogP contribution < -0.4 is 0 Å². The highest BCUT2D eigenvalue weighted by Crippen LogP contribution is 2.35. The van der Waals surface area contributed by atoms with E-state index in [4.69, 9.17) is 4.99 Å². The molecule has 0 bridgehead atoms. The van der Waals surface area contributed by atoms with Crippen molar-refractivity contribution in [2.45, 2.75) is 87.0 Å². The lowest BCUT2D eigenvalue weighted by Gasteiger charge is -2.08.